The molecule has 1 heterocycles. The minimum atomic E-state index is 0.544. The Hall–Kier alpha value is -0.770. The molecular formula is C18H25NS2. The van der Waals surface area contributed by atoms with Gasteiger partial charge in [-0.2, -0.15) is 0 Å². The van der Waals surface area contributed by atoms with Crippen molar-refractivity contribution in [3.8, 4) is 0 Å². The highest BCUT2D eigenvalue weighted by atomic mass is 32.2. The maximum Gasteiger partial charge on any atom is 0.0209 e. The summed E-state index contributed by atoms with van der Waals surface area (Å²) >= 11 is 3.93. The van der Waals surface area contributed by atoms with E-state index in [1.807, 2.05) is 23.1 Å². The fraction of sp³-hybridized carbons (Fsp3) is 0.444. The molecule has 0 fully saturated rings. The molecule has 0 spiro atoms. The Balaban J connectivity index is 1.94. The smallest absolute Gasteiger partial charge is 0.0209 e. The lowest BCUT2D eigenvalue weighted by molar-refractivity contribution is 0.576. The third-order valence-corrected chi connectivity index (χ3v) is 6.13. The number of hydrogen-bond acceptors (Lipinski definition) is 3. The molecule has 1 nitrogen and oxygen atoms in total. The van der Waals surface area contributed by atoms with E-state index in [1.165, 1.54) is 20.2 Å². The molecule has 1 aromatic heterocycles. The average molecular weight is 320 g/mol. The van der Waals surface area contributed by atoms with Crippen LogP contribution in [0.4, 0.5) is 0 Å². The summed E-state index contributed by atoms with van der Waals surface area (Å²) in [6.45, 7) is 7.64. The fourth-order valence-electron chi connectivity index (χ4n) is 2.35. The average Bonchev–Trinajstić information content (AvgIpc) is 2.94. The topological polar surface area (TPSA) is 12.0 Å². The van der Waals surface area contributed by atoms with E-state index < -0.39 is 0 Å². The van der Waals surface area contributed by atoms with Crippen molar-refractivity contribution in [1.82, 2.24) is 5.32 Å². The van der Waals surface area contributed by atoms with E-state index in [2.05, 4.69) is 62.5 Å². The molecule has 21 heavy (non-hydrogen) atoms. The summed E-state index contributed by atoms with van der Waals surface area (Å²) in [4.78, 5) is 4.40. The first-order chi connectivity index (χ1) is 10.2. The van der Waals surface area contributed by atoms with Gasteiger partial charge in [-0.25, -0.2) is 0 Å². The van der Waals surface area contributed by atoms with Gasteiger partial charge >= 0.3 is 0 Å². The molecule has 0 bridgehead atoms. The maximum atomic E-state index is 3.63. The van der Waals surface area contributed by atoms with E-state index >= 15 is 0 Å². The van der Waals surface area contributed by atoms with Crippen LogP contribution >= 0.6 is 23.1 Å². The van der Waals surface area contributed by atoms with Crippen LogP contribution in [0.5, 0.6) is 0 Å². The zero-order valence-electron chi connectivity index (χ0n) is 13.2. The summed E-state index contributed by atoms with van der Waals surface area (Å²) in [5.41, 5.74) is 1.38. The molecule has 0 aliphatic rings. The van der Waals surface area contributed by atoms with E-state index in [0.717, 1.165) is 25.1 Å². The minimum Gasteiger partial charge on any atom is -0.313 e. The van der Waals surface area contributed by atoms with Crippen molar-refractivity contribution in [2.45, 2.75) is 44.6 Å². The molecule has 3 heteroatoms. The van der Waals surface area contributed by atoms with Gasteiger partial charge in [-0.05, 0) is 50.1 Å². The van der Waals surface area contributed by atoms with Gasteiger partial charge in [0.25, 0.3) is 0 Å². The van der Waals surface area contributed by atoms with E-state index in [1.54, 1.807) is 0 Å². The standard InChI is InChI=1S/C18H25NS2/c1-4-16-10-11-17(21-16)12-15(19-5-2)13-20-18-9-7-6-8-14(18)3/h6-11,15,19H,4-5,12-13H2,1-3H3. The van der Waals surface area contributed by atoms with Crippen molar-refractivity contribution in [2.24, 2.45) is 0 Å². The Kier molecular flexibility index (Phi) is 6.81. The molecule has 2 aromatic rings. The fourth-order valence-corrected chi connectivity index (χ4v) is 4.48. The highest BCUT2D eigenvalue weighted by Crippen LogP contribution is 2.24. The normalized spacial score (nSPS) is 12.5. The first-order valence-electron chi connectivity index (χ1n) is 7.72. The predicted molar refractivity (Wildman–Crippen MR) is 96.8 cm³/mol. The lowest BCUT2D eigenvalue weighted by atomic mass is 10.2. The lowest BCUT2D eigenvalue weighted by Gasteiger charge is -2.17. The monoisotopic (exact) mass is 319 g/mol. The summed E-state index contributed by atoms with van der Waals surface area (Å²) < 4.78 is 0. The molecule has 1 atom stereocenters. The molecular weight excluding hydrogens is 294 g/mol. The highest BCUT2D eigenvalue weighted by Gasteiger charge is 2.11. The van der Waals surface area contributed by atoms with Crippen molar-refractivity contribution in [2.75, 3.05) is 12.3 Å². The second-order valence-corrected chi connectivity index (χ2v) is 7.57. The van der Waals surface area contributed by atoms with Gasteiger partial charge < -0.3 is 5.32 Å². The van der Waals surface area contributed by atoms with Crippen LogP contribution in [0.2, 0.25) is 0 Å². The second kappa shape index (κ2) is 8.62. The van der Waals surface area contributed by atoms with E-state index in [0.29, 0.717) is 6.04 Å². The third-order valence-electron chi connectivity index (χ3n) is 3.54. The van der Waals surface area contributed by atoms with E-state index in [9.17, 15) is 0 Å². The number of thioether (sulfide) groups is 1. The Morgan fingerprint density at radius 3 is 2.52 bits per heavy atom. The molecule has 2 rings (SSSR count). The van der Waals surface area contributed by atoms with Crippen LogP contribution < -0.4 is 5.32 Å². The molecule has 1 N–H and O–H groups in total. The second-order valence-electron chi connectivity index (χ2n) is 5.26. The Morgan fingerprint density at radius 1 is 1.10 bits per heavy atom. The molecule has 0 aliphatic heterocycles. The van der Waals surface area contributed by atoms with Crippen molar-refractivity contribution < 1.29 is 0 Å². The molecule has 0 radical (unpaired) electrons. The zero-order chi connectivity index (χ0) is 15.1. The summed E-state index contributed by atoms with van der Waals surface area (Å²) in [5, 5.41) is 3.63. The molecule has 0 saturated carbocycles. The maximum absolute atomic E-state index is 3.63. The molecule has 1 aromatic carbocycles. The van der Waals surface area contributed by atoms with Crippen molar-refractivity contribution in [1.29, 1.82) is 0 Å². The van der Waals surface area contributed by atoms with E-state index in [4.69, 9.17) is 0 Å². The number of likely N-dealkylation sites (N-methyl/N-ethyl adjacent to an activating group) is 1. The Labute approximate surface area is 137 Å². The van der Waals surface area contributed by atoms with Gasteiger partial charge in [0, 0.05) is 26.4 Å². The van der Waals surface area contributed by atoms with Crippen LogP contribution in [0.3, 0.4) is 0 Å². The highest BCUT2D eigenvalue weighted by molar-refractivity contribution is 7.99. The van der Waals surface area contributed by atoms with Gasteiger partial charge in [-0.15, -0.1) is 23.1 Å². The van der Waals surface area contributed by atoms with Gasteiger partial charge in [0.1, 0.15) is 0 Å². The molecule has 0 aliphatic carbocycles. The number of benzene rings is 1. The van der Waals surface area contributed by atoms with Crippen molar-refractivity contribution in [3.05, 3.63) is 51.7 Å². The van der Waals surface area contributed by atoms with Gasteiger partial charge in [-0.1, -0.05) is 32.0 Å². The van der Waals surface area contributed by atoms with Crippen molar-refractivity contribution >= 4 is 23.1 Å². The number of thiophene rings is 1. The first-order valence-corrected chi connectivity index (χ1v) is 9.52. The largest absolute Gasteiger partial charge is 0.313 e. The number of aryl methyl sites for hydroxylation is 2. The third kappa shape index (κ3) is 5.17. The van der Waals surface area contributed by atoms with Crippen molar-refractivity contribution in [3.63, 3.8) is 0 Å². The van der Waals surface area contributed by atoms with Crippen LogP contribution in [0.25, 0.3) is 0 Å². The van der Waals surface area contributed by atoms with E-state index in [-0.39, 0.29) is 0 Å². The minimum absolute atomic E-state index is 0.544. The van der Waals surface area contributed by atoms with Crippen LogP contribution in [-0.2, 0) is 12.8 Å². The van der Waals surface area contributed by atoms with Crippen LogP contribution in [0, 0.1) is 6.92 Å². The summed E-state index contributed by atoms with van der Waals surface area (Å²) in [6.07, 6.45) is 2.28. The Morgan fingerprint density at radius 2 is 1.86 bits per heavy atom. The Bertz CT molecular complexity index is 548. The molecule has 0 saturated heterocycles. The van der Waals surface area contributed by atoms with Gasteiger partial charge in [0.15, 0.2) is 0 Å². The molecule has 0 amide bonds. The SMILES string of the molecule is CCNC(CSc1ccccc1C)Cc1ccc(CC)s1. The van der Waals surface area contributed by atoms with Crippen LogP contribution in [0.15, 0.2) is 41.3 Å². The predicted octanol–water partition coefficient (Wildman–Crippen LogP) is 4.93. The van der Waals surface area contributed by atoms with Gasteiger partial charge in [0.05, 0.1) is 0 Å². The summed E-state index contributed by atoms with van der Waals surface area (Å²) in [5.74, 6) is 1.12. The zero-order valence-corrected chi connectivity index (χ0v) is 14.8. The summed E-state index contributed by atoms with van der Waals surface area (Å²) in [6, 6.07) is 13.8. The number of rotatable bonds is 8. The van der Waals surface area contributed by atoms with Gasteiger partial charge in [0.2, 0.25) is 0 Å². The molecule has 1 unspecified atom stereocenters. The number of nitrogens with one attached hydrogen (secondary N) is 1. The van der Waals surface area contributed by atoms with Crippen LogP contribution in [-0.4, -0.2) is 18.3 Å². The quantitative estimate of drug-likeness (QED) is 0.692. The molecule has 114 valence electrons. The van der Waals surface area contributed by atoms with Gasteiger partial charge in [-0.3, -0.25) is 0 Å². The number of hydrogen-bond donors (Lipinski definition) is 1. The van der Waals surface area contributed by atoms with Crippen LogP contribution in [0.1, 0.15) is 29.2 Å². The summed E-state index contributed by atoms with van der Waals surface area (Å²) in [7, 11) is 0. The first kappa shape index (κ1) is 16.6. The lowest BCUT2D eigenvalue weighted by Crippen LogP contribution is -2.33.